The molecule has 1 aromatic heterocycles. The van der Waals surface area contributed by atoms with Crippen molar-refractivity contribution in [3.63, 3.8) is 0 Å². The molecule has 0 spiro atoms. The van der Waals surface area contributed by atoms with E-state index in [4.69, 9.17) is 23.8 Å². The summed E-state index contributed by atoms with van der Waals surface area (Å²) >= 11 is 13.4. The van der Waals surface area contributed by atoms with Gasteiger partial charge in [-0.15, -0.1) is 0 Å². The lowest BCUT2D eigenvalue weighted by Crippen LogP contribution is -2.38. The first kappa shape index (κ1) is 20.8. The van der Waals surface area contributed by atoms with E-state index in [-0.39, 0.29) is 17.9 Å². The molecule has 1 aromatic carbocycles. The summed E-state index contributed by atoms with van der Waals surface area (Å²) < 4.78 is 0. The Morgan fingerprint density at radius 2 is 2.07 bits per heavy atom. The van der Waals surface area contributed by atoms with Gasteiger partial charge in [-0.1, -0.05) is 25.4 Å². The van der Waals surface area contributed by atoms with Crippen LogP contribution in [0.5, 0.6) is 0 Å². The number of halogens is 1. The molecule has 0 bridgehead atoms. The maximum atomic E-state index is 12.8. The van der Waals surface area contributed by atoms with Crippen LogP contribution in [0, 0.1) is 0 Å². The first-order valence-corrected chi connectivity index (χ1v) is 11.1. The molecule has 2 saturated heterocycles. The SMILES string of the molecule is CC.O=C(Nc1ccc(N2C(=O)C3CCCCN3C2=S)c(Cl)c1)c1ccsc1. The van der Waals surface area contributed by atoms with E-state index in [1.165, 1.54) is 16.2 Å². The molecule has 2 aliphatic rings. The molecular formula is C20H22ClN3O2S2. The van der Waals surface area contributed by atoms with Gasteiger partial charge in [0.25, 0.3) is 11.8 Å². The average Bonchev–Trinajstić information content (AvgIpc) is 3.33. The summed E-state index contributed by atoms with van der Waals surface area (Å²) in [6.45, 7) is 4.80. The van der Waals surface area contributed by atoms with E-state index in [0.717, 1.165) is 25.8 Å². The molecule has 0 radical (unpaired) electrons. The maximum Gasteiger partial charge on any atom is 0.256 e. The molecule has 8 heteroatoms. The molecule has 3 heterocycles. The number of nitrogens with zero attached hydrogens (tertiary/aromatic N) is 2. The standard InChI is InChI=1S/C18H16ClN3O2S2.C2H6/c19-13-9-12(20-16(23)11-6-8-26-10-11)4-5-14(13)22-17(24)15-3-1-2-7-21(15)18(22)25;1-2/h4-6,8-10,15H,1-3,7H2,(H,20,23);1-2H3. The Bertz CT molecular complexity index is 862. The van der Waals surface area contributed by atoms with Gasteiger partial charge >= 0.3 is 0 Å². The lowest BCUT2D eigenvalue weighted by molar-refractivity contribution is -0.120. The van der Waals surface area contributed by atoms with Gasteiger partial charge in [0, 0.05) is 17.6 Å². The third-order valence-electron chi connectivity index (χ3n) is 4.68. The van der Waals surface area contributed by atoms with E-state index < -0.39 is 0 Å². The van der Waals surface area contributed by atoms with E-state index in [2.05, 4.69) is 5.32 Å². The van der Waals surface area contributed by atoms with Crippen molar-refractivity contribution in [2.75, 3.05) is 16.8 Å². The van der Waals surface area contributed by atoms with Crippen LogP contribution in [0.1, 0.15) is 43.5 Å². The van der Waals surface area contributed by atoms with Gasteiger partial charge in [0.05, 0.1) is 16.3 Å². The van der Waals surface area contributed by atoms with Crippen molar-refractivity contribution >= 4 is 63.5 Å². The molecule has 28 heavy (non-hydrogen) atoms. The number of hydrogen-bond donors (Lipinski definition) is 1. The van der Waals surface area contributed by atoms with Crippen LogP contribution >= 0.6 is 35.2 Å². The van der Waals surface area contributed by atoms with Crippen LogP contribution in [-0.2, 0) is 4.79 Å². The van der Waals surface area contributed by atoms with E-state index in [1.54, 1.807) is 29.6 Å². The third kappa shape index (κ3) is 3.92. The molecular weight excluding hydrogens is 414 g/mol. The van der Waals surface area contributed by atoms with Crippen molar-refractivity contribution in [2.45, 2.75) is 39.2 Å². The second-order valence-electron chi connectivity index (χ2n) is 6.29. The smallest absolute Gasteiger partial charge is 0.256 e. The quantitative estimate of drug-likeness (QED) is 0.676. The number of carbonyl (C=O) groups is 2. The van der Waals surface area contributed by atoms with E-state index >= 15 is 0 Å². The van der Waals surface area contributed by atoms with Crippen molar-refractivity contribution in [1.82, 2.24) is 4.90 Å². The van der Waals surface area contributed by atoms with Crippen LogP contribution in [0.15, 0.2) is 35.0 Å². The average molecular weight is 436 g/mol. The minimum atomic E-state index is -0.194. The summed E-state index contributed by atoms with van der Waals surface area (Å²) in [5.74, 6) is -0.216. The second-order valence-corrected chi connectivity index (χ2v) is 7.85. The number of fused-ring (bicyclic) bond motifs is 1. The zero-order valence-electron chi connectivity index (χ0n) is 15.8. The Balaban J connectivity index is 0.00000109. The van der Waals surface area contributed by atoms with Crippen LogP contribution in [0.2, 0.25) is 5.02 Å². The fourth-order valence-electron chi connectivity index (χ4n) is 3.37. The van der Waals surface area contributed by atoms with Gasteiger partial charge in [0.1, 0.15) is 6.04 Å². The van der Waals surface area contributed by atoms with Gasteiger partial charge in [0.15, 0.2) is 5.11 Å². The molecule has 5 nitrogen and oxygen atoms in total. The number of benzene rings is 1. The number of hydrogen-bond acceptors (Lipinski definition) is 4. The van der Waals surface area contributed by atoms with Crippen molar-refractivity contribution in [1.29, 1.82) is 0 Å². The normalized spacial score (nSPS) is 18.5. The Kier molecular flexibility index (Phi) is 6.69. The molecule has 2 aliphatic heterocycles. The molecule has 0 saturated carbocycles. The monoisotopic (exact) mass is 435 g/mol. The van der Waals surface area contributed by atoms with Gasteiger partial charge in [0.2, 0.25) is 0 Å². The minimum Gasteiger partial charge on any atom is -0.336 e. The zero-order valence-corrected chi connectivity index (χ0v) is 18.2. The Morgan fingerprint density at radius 1 is 1.29 bits per heavy atom. The van der Waals surface area contributed by atoms with Crippen LogP contribution in [0.25, 0.3) is 0 Å². The largest absolute Gasteiger partial charge is 0.336 e. The van der Waals surface area contributed by atoms with Crippen LogP contribution in [0.3, 0.4) is 0 Å². The van der Waals surface area contributed by atoms with Crippen molar-refractivity contribution < 1.29 is 9.59 Å². The van der Waals surface area contributed by atoms with E-state index in [1.807, 2.05) is 24.1 Å². The highest BCUT2D eigenvalue weighted by Gasteiger charge is 2.44. The molecule has 2 fully saturated rings. The van der Waals surface area contributed by atoms with Gasteiger partial charge in [-0.25, -0.2) is 0 Å². The molecule has 4 rings (SSSR count). The van der Waals surface area contributed by atoms with Crippen molar-refractivity contribution in [3.8, 4) is 0 Å². The lowest BCUT2D eigenvalue weighted by atomic mass is 10.0. The number of thiocarbonyl (C=S) groups is 1. The third-order valence-corrected chi connectivity index (χ3v) is 6.08. The van der Waals surface area contributed by atoms with Crippen LogP contribution in [-0.4, -0.2) is 34.4 Å². The Hall–Kier alpha value is -1.96. The first-order valence-electron chi connectivity index (χ1n) is 9.34. The highest BCUT2D eigenvalue weighted by atomic mass is 35.5. The topological polar surface area (TPSA) is 52.7 Å². The van der Waals surface area contributed by atoms with Crippen molar-refractivity contribution in [3.05, 3.63) is 45.6 Å². The second kappa shape index (κ2) is 9.03. The molecule has 1 unspecified atom stereocenters. The fourth-order valence-corrected chi connectivity index (χ4v) is 4.68. The number of rotatable bonds is 3. The van der Waals surface area contributed by atoms with Gasteiger partial charge in [-0.3, -0.25) is 14.5 Å². The van der Waals surface area contributed by atoms with Crippen molar-refractivity contribution in [2.24, 2.45) is 0 Å². The predicted molar refractivity (Wildman–Crippen MR) is 120 cm³/mol. The molecule has 148 valence electrons. The summed E-state index contributed by atoms with van der Waals surface area (Å²) in [5, 5.41) is 7.33. The van der Waals surface area contributed by atoms with Gasteiger partial charge in [-0.2, -0.15) is 11.3 Å². The van der Waals surface area contributed by atoms with E-state index in [0.29, 0.717) is 27.1 Å². The van der Waals surface area contributed by atoms with Gasteiger partial charge in [-0.05, 0) is 61.1 Å². The maximum absolute atomic E-state index is 12.8. The molecule has 0 aliphatic carbocycles. The highest BCUT2D eigenvalue weighted by Crippen LogP contribution is 2.36. The number of amides is 2. The summed E-state index contributed by atoms with van der Waals surface area (Å²) in [6, 6.07) is 6.69. The van der Waals surface area contributed by atoms with E-state index in [9.17, 15) is 9.59 Å². The number of carbonyl (C=O) groups excluding carboxylic acids is 2. The fraction of sp³-hybridized carbons (Fsp3) is 0.350. The number of thiophene rings is 1. The molecule has 1 N–H and O–H groups in total. The van der Waals surface area contributed by atoms with Crippen LogP contribution < -0.4 is 10.2 Å². The molecule has 2 amide bonds. The number of anilines is 2. The Labute approximate surface area is 179 Å². The minimum absolute atomic E-state index is 0.0216. The summed E-state index contributed by atoms with van der Waals surface area (Å²) in [4.78, 5) is 28.5. The molecule has 2 aromatic rings. The summed E-state index contributed by atoms with van der Waals surface area (Å²) in [5.41, 5.74) is 1.73. The Morgan fingerprint density at radius 3 is 2.71 bits per heavy atom. The summed E-state index contributed by atoms with van der Waals surface area (Å²) in [7, 11) is 0. The number of piperidine rings is 1. The van der Waals surface area contributed by atoms with Crippen LogP contribution in [0.4, 0.5) is 11.4 Å². The highest BCUT2D eigenvalue weighted by molar-refractivity contribution is 7.80. The lowest BCUT2D eigenvalue weighted by Gasteiger charge is -2.28. The van der Waals surface area contributed by atoms with Gasteiger partial charge < -0.3 is 10.2 Å². The number of nitrogens with one attached hydrogen (secondary N) is 1. The summed E-state index contributed by atoms with van der Waals surface area (Å²) in [6.07, 6.45) is 2.89. The molecule has 1 atom stereocenters. The first-order chi connectivity index (χ1) is 13.6. The predicted octanol–water partition coefficient (Wildman–Crippen LogP) is 5.17. The zero-order chi connectivity index (χ0) is 20.3.